The van der Waals surface area contributed by atoms with E-state index in [1.54, 1.807) is 0 Å². The zero-order chi connectivity index (χ0) is 23.6. The monoisotopic (exact) mass is 458 g/mol. The number of aliphatic imine (C=N–C) groups is 1. The third-order valence-corrected chi connectivity index (χ3v) is 5.40. The molecule has 10 heteroatoms. The molecule has 0 bridgehead atoms. The van der Waals surface area contributed by atoms with Gasteiger partial charge >= 0.3 is 0 Å². The highest BCUT2D eigenvalue weighted by molar-refractivity contribution is 5.24. The summed E-state index contributed by atoms with van der Waals surface area (Å²) in [5, 5.41) is 17.4. The summed E-state index contributed by atoms with van der Waals surface area (Å²) in [4.78, 5) is 6.42. The third kappa shape index (κ3) is 6.88. The van der Waals surface area contributed by atoms with Crippen molar-refractivity contribution in [2.45, 2.75) is 32.2 Å². The summed E-state index contributed by atoms with van der Waals surface area (Å²) in [6, 6.07) is 20.3. The summed E-state index contributed by atoms with van der Waals surface area (Å²) in [7, 11) is 0. The molecule has 1 unspecified atom stereocenters. The van der Waals surface area contributed by atoms with Crippen LogP contribution in [0, 0.1) is 0 Å². The molecule has 0 spiro atoms. The van der Waals surface area contributed by atoms with Gasteiger partial charge in [-0.25, -0.2) is 9.36 Å². The van der Waals surface area contributed by atoms with Crippen molar-refractivity contribution in [1.82, 2.24) is 40.3 Å². The highest BCUT2D eigenvalue weighted by Gasteiger charge is 2.17. The first-order chi connectivity index (χ1) is 16.7. The second-order valence-corrected chi connectivity index (χ2v) is 8.20. The van der Waals surface area contributed by atoms with Crippen molar-refractivity contribution in [3.8, 4) is 0 Å². The van der Waals surface area contributed by atoms with Crippen molar-refractivity contribution in [3.05, 3.63) is 95.6 Å². The predicted molar refractivity (Wildman–Crippen MR) is 131 cm³/mol. The van der Waals surface area contributed by atoms with Gasteiger partial charge in [-0.3, -0.25) is 21.2 Å². The fourth-order valence-electron chi connectivity index (χ4n) is 3.78. The first-order valence-electron chi connectivity index (χ1n) is 11.2. The van der Waals surface area contributed by atoms with E-state index < -0.39 is 0 Å². The van der Waals surface area contributed by atoms with Gasteiger partial charge in [-0.2, -0.15) is 0 Å². The van der Waals surface area contributed by atoms with Crippen LogP contribution in [0.4, 0.5) is 0 Å². The Hall–Kier alpha value is -3.73. The average molecular weight is 459 g/mol. The van der Waals surface area contributed by atoms with Crippen LogP contribution in [0.5, 0.6) is 0 Å². The second kappa shape index (κ2) is 11.9. The highest BCUT2D eigenvalue weighted by Crippen LogP contribution is 2.10. The Bertz CT molecular complexity index is 1060. The van der Waals surface area contributed by atoms with Crippen LogP contribution in [0.3, 0.4) is 0 Å². The number of benzene rings is 2. The minimum absolute atomic E-state index is 0.0660. The molecule has 0 amide bonds. The number of nitrogens with one attached hydrogen (secondary N) is 1. The summed E-state index contributed by atoms with van der Waals surface area (Å²) in [6.45, 7) is 7.43. The second-order valence-electron chi connectivity index (χ2n) is 8.20. The van der Waals surface area contributed by atoms with Gasteiger partial charge in [0.2, 0.25) is 0 Å². The van der Waals surface area contributed by atoms with Crippen LogP contribution < -0.4 is 11.3 Å². The molecule has 176 valence electrons. The summed E-state index contributed by atoms with van der Waals surface area (Å²) >= 11 is 0. The third-order valence-electron chi connectivity index (χ3n) is 5.40. The topological polar surface area (TPSA) is 115 Å². The molecule has 3 N–H and O–H groups in total. The lowest BCUT2D eigenvalue weighted by atomic mass is 10.2. The fourth-order valence-corrected chi connectivity index (χ4v) is 3.78. The van der Waals surface area contributed by atoms with E-state index in [1.165, 1.54) is 11.1 Å². The van der Waals surface area contributed by atoms with Gasteiger partial charge in [0.25, 0.3) is 0 Å². The molecule has 0 radical (unpaired) electrons. The molecule has 4 rings (SSSR count). The summed E-state index contributed by atoms with van der Waals surface area (Å²) in [5.74, 6) is 5.53. The Morgan fingerprint density at radius 3 is 1.79 bits per heavy atom. The van der Waals surface area contributed by atoms with Gasteiger partial charge in [0, 0.05) is 26.2 Å². The van der Waals surface area contributed by atoms with Gasteiger partial charge in [0.15, 0.2) is 0 Å². The van der Waals surface area contributed by atoms with Crippen molar-refractivity contribution in [2.24, 2.45) is 10.8 Å². The zero-order valence-corrected chi connectivity index (χ0v) is 19.1. The van der Waals surface area contributed by atoms with Crippen LogP contribution >= 0.6 is 0 Å². The summed E-state index contributed by atoms with van der Waals surface area (Å²) in [6.07, 6.45) is 3.95. The first kappa shape index (κ1) is 23.4. The van der Waals surface area contributed by atoms with Gasteiger partial charge in [-0.05, 0) is 17.8 Å². The Kier molecular flexibility index (Phi) is 8.22. The van der Waals surface area contributed by atoms with Gasteiger partial charge in [0.1, 0.15) is 0 Å². The molecule has 1 atom stereocenters. The average Bonchev–Trinajstić information content (AvgIpc) is 3.49. The molecule has 10 nitrogen and oxygen atoms in total. The first-order valence-corrected chi connectivity index (χ1v) is 11.2. The molecule has 2 heterocycles. The lowest BCUT2D eigenvalue weighted by Crippen LogP contribution is -2.39. The van der Waals surface area contributed by atoms with E-state index in [1.807, 2.05) is 58.2 Å². The molecule has 0 saturated carbocycles. The normalized spacial score (nSPS) is 12.2. The molecule has 0 saturated heterocycles. The Morgan fingerprint density at radius 1 is 0.853 bits per heavy atom. The van der Waals surface area contributed by atoms with Crippen LogP contribution in [0.15, 0.2) is 78.0 Å². The Morgan fingerprint density at radius 2 is 1.35 bits per heavy atom. The standard InChI is InChI=1S/C24H30N10/c1-26-22(12-27-25)15-32(16-23-18-33(30-28-23)13-20-8-4-2-5-9-20)17-24-19-34(31-29-24)14-21-10-6-3-7-11-21/h2-11,18-19,22,27H,1,12-17,25H2. The quantitative estimate of drug-likeness (QED) is 0.177. The van der Waals surface area contributed by atoms with E-state index in [-0.39, 0.29) is 6.04 Å². The largest absolute Gasteiger partial charge is 0.295 e. The number of nitrogens with zero attached hydrogens (tertiary/aromatic N) is 8. The van der Waals surface area contributed by atoms with E-state index >= 15 is 0 Å². The number of nitrogens with two attached hydrogens (primary N) is 1. The molecule has 0 aliphatic heterocycles. The maximum absolute atomic E-state index is 5.53. The molecule has 0 fully saturated rings. The van der Waals surface area contributed by atoms with E-state index in [2.05, 4.69) is 66.9 Å². The fraction of sp³-hybridized carbons (Fsp3) is 0.292. The number of hydrogen-bond donors (Lipinski definition) is 2. The molecule has 2 aromatic carbocycles. The van der Waals surface area contributed by atoms with Crippen LogP contribution in [-0.4, -0.2) is 60.7 Å². The molecule has 4 aromatic rings. The highest BCUT2D eigenvalue weighted by atomic mass is 15.4. The van der Waals surface area contributed by atoms with Gasteiger partial charge in [-0.1, -0.05) is 71.1 Å². The van der Waals surface area contributed by atoms with Gasteiger partial charge < -0.3 is 0 Å². The maximum atomic E-state index is 5.53. The zero-order valence-electron chi connectivity index (χ0n) is 19.1. The molecule has 0 aliphatic carbocycles. The summed E-state index contributed by atoms with van der Waals surface area (Å²) < 4.78 is 3.70. The van der Waals surface area contributed by atoms with Crippen LogP contribution in [-0.2, 0) is 26.2 Å². The minimum Gasteiger partial charge on any atom is -0.295 e. The van der Waals surface area contributed by atoms with Crippen molar-refractivity contribution < 1.29 is 0 Å². The van der Waals surface area contributed by atoms with Gasteiger partial charge in [-0.15, -0.1) is 10.2 Å². The lowest BCUT2D eigenvalue weighted by molar-refractivity contribution is 0.233. The van der Waals surface area contributed by atoms with E-state index in [0.29, 0.717) is 39.3 Å². The minimum atomic E-state index is -0.0660. The molecular weight excluding hydrogens is 428 g/mol. The van der Waals surface area contributed by atoms with Crippen molar-refractivity contribution in [3.63, 3.8) is 0 Å². The predicted octanol–water partition coefficient (Wildman–Crippen LogP) is 1.50. The number of hydrogen-bond acceptors (Lipinski definition) is 8. The Balaban J connectivity index is 1.43. The SMILES string of the molecule is C=NC(CNN)CN(Cc1cn(Cc2ccccc2)nn1)Cc1cn(Cc2ccccc2)nn1. The number of aromatic nitrogens is 6. The van der Waals surface area contributed by atoms with Crippen LogP contribution in [0.1, 0.15) is 22.5 Å². The smallest absolute Gasteiger partial charge is 0.0967 e. The molecule has 2 aromatic heterocycles. The maximum Gasteiger partial charge on any atom is 0.0967 e. The van der Waals surface area contributed by atoms with Crippen LogP contribution in [0.25, 0.3) is 0 Å². The Labute approximate surface area is 199 Å². The van der Waals surface area contributed by atoms with E-state index in [4.69, 9.17) is 5.84 Å². The van der Waals surface area contributed by atoms with E-state index in [0.717, 1.165) is 11.4 Å². The number of hydrazine groups is 1. The van der Waals surface area contributed by atoms with Crippen molar-refractivity contribution in [2.75, 3.05) is 13.1 Å². The number of rotatable bonds is 13. The lowest BCUT2D eigenvalue weighted by Gasteiger charge is -2.23. The van der Waals surface area contributed by atoms with Crippen molar-refractivity contribution in [1.29, 1.82) is 0 Å². The molecular formula is C24H30N10. The molecule has 0 aliphatic rings. The summed E-state index contributed by atoms with van der Waals surface area (Å²) in [5.41, 5.74) is 6.79. The van der Waals surface area contributed by atoms with Crippen LogP contribution in [0.2, 0.25) is 0 Å². The van der Waals surface area contributed by atoms with Gasteiger partial charge in [0.05, 0.1) is 42.9 Å². The van der Waals surface area contributed by atoms with Crippen molar-refractivity contribution >= 4 is 6.72 Å². The van der Waals surface area contributed by atoms with E-state index in [9.17, 15) is 0 Å². The molecule has 34 heavy (non-hydrogen) atoms.